The van der Waals surface area contributed by atoms with Crippen LogP contribution in [-0.4, -0.2) is 62.8 Å². The highest BCUT2D eigenvalue weighted by molar-refractivity contribution is 7.89. The Labute approximate surface area is 177 Å². The van der Waals surface area contributed by atoms with Crippen molar-refractivity contribution in [2.75, 3.05) is 39.4 Å². The van der Waals surface area contributed by atoms with Gasteiger partial charge in [0.25, 0.3) is 0 Å². The molecule has 1 saturated heterocycles. The molecule has 1 unspecified atom stereocenters. The van der Waals surface area contributed by atoms with Crippen molar-refractivity contribution in [3.63, 3.8) is 0 Å². The van der Waals surface area contributed by atoms with E-state index < -0.39 is 10.0 Å². The molecule has 0 saturated carbocycles. The molecule has 8 heteroatoms. The molecule has 0 bridgehead atoms. The average molecular weight is 437 g/mol. The summed E-state index contributed by atoms with van der Waals surface area (Å²) in [5.41, 5.74) is 1.46. The fraction of sp³-hybridized carbons (Fsp3) is 0.381. The van der Waals surface area contributed by atoms with Crippen LogP contribution in [0.5, 0.6) is 0 Å². The number of sulfonamides is 1. The monoisotopic (exact) mass is 436 g/mol. The van der Waals surface area contributed by atoms with E-state index in [0.29, 0.717) is 31.7 Å². The van der Waals surface area contributed by atoms with Gasteiger partial charge in [-0.2, -0.15) is 4.31 Å². The zero-order chi connectivity index (χ0) is 19.6. The summed E-state index contributed by atoms with van der Waals surface area (Å²) in [4.78, 5) is 14.9. The molecule has 6 nitrogen and oxygen atoms in total. The number of hydrogen-bond acceptors (Lipinski definition) is 5. The fourth-order valence-electron chi connectivity index (χ4n) is 3.98. The van der Waals surface area contributed by atoms with Crippen LogP contribution in [0.2, 0.25) is 0 Å². The van der Waals surface area contributed by atoms with Gasteiger partial charge in [0, 0.05) is 31.2 Å². The summed E-state index contributed by atoms with van der Waals surface area (Å²) in [6, 6.07) is 16.7. The Balaban J connectivity index is 0.00000240. The third-order valence-electron chi connectivity index (χ3n) is 5.45. The molecule has 0 aromatic heterocycles. The predicted octanol–water partition coefficient (Wildman–Crippen LogP) is 2.76. The second-order valence-electron chi connectivity index (χ2n) is 7.12. The molecule has 1 fully saturated rings. The first-order valence-electron chi connectivity index (χ1n) is 9.56. The third kappa shape index (κ3) is 4.54. The molecule has 2 aromatic rings. The molecule has 156 valence electrons. The first-order valence-corrected chi connectivity index (χ1v) is 11.0. The summed E-state index contributed by atoms with van der Waals surface area (Å²) in [5.74, 6) is -0.145. The molecule has 2 aliphatic heterocycles. The van der Waals surface area contributed by atoms with Crippen LogP contribution in [0.25, 0.3) is 0 Å². The summed E-state index contributed by atoms with van der Waals surface area (Å²) >= 11 is 0. The van der Waals surface area contributed by atoms with Crippen LogP contribution in [0.15, 0.2) is 59.5 Å². The fourth-order valence-corrected chi connectivity index (χ4v) is 5.60. The molecule has 0 aliphatic carbocycles. The summed E-state index contributed by atoms with van der Waals surface area (Å²) < 4.78 is 32.8. The first-order chi connectivity index (χ1) is 13.6. The van der Waals surface area contributed by atoms with Gasteiger partial charge in [-0.1, -0.05) is 42.5 Å². The number of rotatable bonds is 5. The molecule has 4 rings (SSSR count). The maximum Gasteiger partial charge on any atom is 0.244 e. The summed E-state index contributed by atoms with van der Waals surface area (Å²) in [5, 5.41) is 0. The molecule has 0 spiro atoms. The molecule has 2 aliphatic rings. The zero-order valence-electron chi connectivity index (χ0n) is 16.1. The molecule has 0 amide bonds. The quantitative estimate of drug-likeness (QED) is 0.721. The Morgan fingerprint density at radius 3 is 2.34 bits per heavy atom. The van der Waals surface area contributed by atoms with E-state index in [2.05, 4.69) is 17.0 Å². The van der Waals surface area contributed by atoms with E-state index in [1.54, 1.807) is 18.2 Å². The Morgan fingerprint density at radius 2 is 1.62 bits per heavy atom. The van der Waals surface area contributed by atoms with Crippen molar-refractivity contribution in [2.24, 2.45) is 0 Å². The number of fused-ring (bicyclic) bond motifs is 1. The van der Waals surface area contributed by atoms with E-state index in [9.17, 15) is 13.2 Å². The van der Waals surface area contributed by atoms with Gasteiger partial charge in [-0.25, -0.2) is 8.42 Å². The van der Waals surface area contributed by atoms with Gasteiger partial charge in [0.1, 0.15) is 0 Å². The molecule has 2 heterocycles. The number of halogens is 1. The number of morpholine rings is 1. The Morgan fingerprint density at radius 1 is 0.966 bits per heavy atom. The van der Waals surface area contributed by atoms with Gasteiger partial charge in [0.15, 0.2) is 5.78 Å². The lowest BCUT2D eigenvalue weighted by Gasteiger charge is -2.36. The highest BCUT2D eigenvalue weighted by atomic mass is 35.5. The maximum absolute atomic E-state index is 13.0. The van der Waals surface area contributed by atoms with Gasteiger partial charge in [0.2, 0.25) is 10.0 Å². The van der Waals surface area contributed by atoms with Crippen molar-refractivity contribution in [1.29, 1.82) is 0 Å². The number of benzene rings is 2. The van der Waals surface area contributed by atoms with E-state index >= 15 is 0 Å². The lowest BCUT2D eigenvalue weighted by molar-refractivity contribution is 0.0133. The maximum atomic E-state index is 13.0. The van der Waals surface area contributed by atoms with Crippen LogP contribution in [0.1, 0.15) is 28.4 Å². The normalized spacial score (nSPS) is 20.5. The predicted molar refractivity (Wildman–Crippen MR) is 113 cm³/mol. The van der Waals surface area contributed by atoms with Crippen molar-refractivity contribution in [3.05, 3.63) is 65.7 Å². The lowest BCUT2D eigenvalue weighted by Crippen LogP contribution is -2.44. The molecular formula is C21H25ClN2O4S. The highest BCUT2D eigenvalue weighted by Crippen LogP contribution is 2.30. The van der Waals surface area contributed by atoms with Gasteiger partial charge in [-0.15, -0.1) is 12.4 Å². The Kier molecular flexibility index (Phi) is 7.08. The molecular weight excluding hydrogens is 412 g/mol. The van der Waals surface area contributed by atoms with E-state index in [1.807, 2.05) is 18.2 Å². The van der Waals surface area contributed by atoms with Crippen LogP contribution in [0, 0.1) is 0 Å². The van der Waals surface area contributed by atoms with Crippen molar-refractivity contribution < 1.29 is 17.9 Å². The van der Waals surface area contributed by atoms with E-state index in [4.69, 9.17) is 4.74 Å². The topological polar surface area (TPSA) is 66.9 Å². The van der Waals surface area contributed by atoms with Crippen LogP contribution >= 0.6 is 12.4 Å². The highest BCUT2D eigenvalue weighted by Gasteiger charge is 2.36. The van der Waals surface area contributed by atoms with Crippen LogP contribution in [-0.2, 0) is 14.8 Å². The minimum atomic E-state index is -3.66. The summed E-state index contributed by atoms with van der Waals surface area (Å²) in [7, 11) is -3.66. The van der Waals surface area contributed by atoms with Crippen LogP contribution < -0.4 is 0 Å². The second kappa shape index (κ2) is 9.36. The standard InChI is InChI=1S/C21H24N2O4S.ClH/c24-20-16-23(28(25,26)21-9-5-4-8-18(20)21)11-10-19(17-6-2-1-3-7-17)22-12-14-27-15-13-22;/h1-9,19H,10-16H2;1H. The summed E-state index contributed by atoms with van der Waals surface area (Å²) in [6.07, 6.45) is 0.624. The van der Waals surface area contributed by atoms with Gasteiger partial charge in [-0.3, -0.25) is 9.69 Å². The number of nitrogens with zero attached hydrogens (tertiary/aromatic N) is 2. The Bertz CT molecular complexity index is 946. The Hall–Kier alpha value is -1.77. The number of ketones is 1. The SMILES string of the molecule is Cl.O=C1CN(CCC(c2ccccc2)N2CCOCC2)S(=O)(=O)c2ccccc21. The first kappa shape index (κ1) is 21.9. The number of hydrogen-bond donors (Lipinski definition) is 0. The molecule has 1 atom stereocenters. The van der Waals surface area contributed by atoms with Crippen LogP contribution in [0.3, 0.4) is 0 Å². The van der Waals surface area contributed by atoms with E-state index in [1.165, 1.54) is 10.4 Å². The molecule has 0 radical (unpaired) electrons. The number of carbonyl (C=O) groups is 1. The van der Waals surface area contributed by atoms with Gasteiger partial charge < -0.3 is 4.74 Å². The minimum absolute atomic E-state index is 0. The number of carbonyl (C=O) groups excluding carboxylic acids is 1. The van der Waals surface area contributed by atoms with Crippen LogP contribution in [0.4, 0.5) is 0 Å². The lowest BCUT2D eigenvalue weighted by atomic mass is 10.0. The second-order valence-corrected chi connectivity index (χ2v) is 9.03. The van der Waals surface area contributed by atoms with Crippen molar-refractivity contribution in [3.8, 4) is 0 Å². The van der Waals surface area contributed by atoms with Gasteiger partial charge in [-0.05, 0) is 24.1 Å². The summed E-state index contributed by atoms with van der Waals surface area (Å²) in [6.45, 7) is 3.19. The van der Waals surface area contributed by atoms with Crippen molar-refractivity contribution in [2.45, 2.75) is 17.4 Å². The average Bonchev–Trinajstić information content (AvgIpc) is 2.73. The van der Waals surface area contributed by atoms with E-state index in [0.717, 1.165) is 18.7 Å². The molecule has 29 heavy (non-hydrogen) atoms. The van der Waals surface area contributed by atoms with E-state index in [-0.39, 0.29) is 35.7 Å². The number of ether oxygens (including phenoxy) is 1. The molecule has 0 N–H and O–H groups in total. The van der Waals surface area contributed by atoms with Gasteiger partial charge in [0.05, 0.1) is 24.7 Å². The third-order valence-corrected chi connectivity index (χ3v) is 7.35. The van der Waals surface area contributed by atoms with Crippen molar-refractivity contribution >= 4 is 28.2 Å². The largest absolute Gasteiger partial charge is 0.379 e. The number of Topliss-reactive ketones (excluding diaryl/α,β-unsaturated/α-hetero) is 1. The smallest absolute Gasteiger partial charge is 0.244 e. The van der Waals surface area contributed by atoms with Gasteiger partial charge >= 0.3 is 0 Å². The molecule has 2 aromatic carbocycles. The minimum Gasteiger partial charge on any atom is -0.379 e. The zero-order valence-corrected chi connectivity index (χ0v) is 17.7. The van der Waals surface area contributed by atoms with Crippen molar-refractivity contribution in [1.82, 2.24) is 9.21 Å².